The number of nitrogens with one attached hydrogen (secondary N) is 3. The Morgan fingerprint density at radius 3 is 2.81 bits per heavy atom. The molecule has 0 aromatic heterocycles. The number of anilines is 2. The number of methoxy groups -OCH3 is 1. The SMILES string of the molecule is COc1ccc(Cl)cc1NC(=O)[C@@H]1C[C@H](CC(N)=O)N[C@@]12C(=O)Nc1ccc(Br)cc12. The monoisotopic (exact) mass is 506 g/mol. The first-order chi connectivity index (χ1) is 14.7. The van der Waals surface area contributed by atoms with Crippen LogP contribution in [0.1, 0.15) is 18.4 Å². The third-order valence-corrected chi connectivity index (χ3v) is 6.40. The average molecular weight is 508 g/mol. The largest absolute Gasteiger partial charge is 0.495 e. The van der Waals surface area contributed by atoms with Gasteiger partial charge in [0, 0.05) is 33.2 Å². The zero-order valence-electron chi connectivity index (χ0n) is 16.5. The Kier molecular flexibility index (Phi) is 5.67. The van der Waals surface area contributed by atoms with E-state index in [1.807, 2.05) is 0 Å². The van der Waals surface area contributed by atoms with Gasteiger partial charge in [0.25, 0.3) is 0 Å². The minimum Gasteiger partial charge on any atom is -0.495 e. The summed E-state index contributed by atoms with van der Waals surface area (Å²) in [6.45, 7) is 0. The van der Waals surface area contributed by atoms with E-state index in [0.717, 1.165) is 4.47 Å². The summed E-state index contributed by atoms with van der Waals surface area (Å²) in [5.74, 6) is -1.64. The van der Waals surface area contributed by atoms with Crippen molar-refractivity contribution in [2.24, 2.45) is 11.7 Å². The molecule has 0 saturated carbocycles. The lowest BCUT2D eigenvalue weighted by Gasteiger charge is -2.29. The summed E-state index contributed by atoms with van der Waals surface area (Å²) < 4.78 is 6.07. The highest BCUT2D eigenvalue weighted by molar-refractivity contribution is 9.10. The first-order valence-electron chi connectivity index (χ1n) is 9.56. The second-order valence-corrected chi connectivity index (χ2v) is 8.94. The van der Waals surface area contributed by atoms with E-state index in [4.69, 9.17) is 22.1 Å². The van der Waals surface area contributed by atoms with E-state index in [1.165, 1.54) is 7.11 Å². The highest BCUT2D eigenvalue weighted by Crippen LogP contribution is 2.48. The van der Waals surface area contributed by atoms with E-state index >= 15 is 0 Å². The van der Waals surface area contributed by atoms with Crippen LogP contribution in [0.2, 0.25) is 5.02 Å². The number of hydrogen-bond donors (Lipinski definition) is 4. The fourth-order valence-electron chi connectivity index (χ4n) is 4.41. The number of amides is 3. The summed E-state index contributed by atoms with van der Waals surface area (Å²) in [5, 5.41) is 9.35. The van der Waals surface area contributed by atoms with Crippen molar-refractivity contribution in [1.29, 1.82) is 0 Å². The Balaban J connectivity index is 1.75. The summed E-state index contributed by atoms with van der Waals surface area (Å²) in [5.41, 5.74) is 5.69. The first-order valence-corrected chi connectivity index (χ1v) is 10.7. The molecular weight excluding hydrogens is 488 g/mol. The number of ether oxygens (including phenoxy) is 1. The normalized spacial score (nSPS) is 24.0. The fourth-order valence-corrected chi connectivity index (χ4v) is 4.94. The van der Waals surface area contributed by atoms with Crippen LogP contribution in [0.5, 0.6) is 5.75 Å². The lowest BCUT2D eigenvalue weighted by molar-refractivity contribution is -0.130. The van der Waals surface area contributed by atoms with Gasteiger partial charge in [0.1, 0.15) is 11.3 Å². The van der Waals surface area contributed by atoms with Crippen molar-refractivity contribution in [3.05, 3.63) is 51.5 Å². The predicted molar refractivity (Wildman–Crippen MR) is 120 cm³/mol. The van der Waals surface area contributed by atoms with Crippen LogP contribution in [0.4, 0.5) is 11.4 Å². The number of benzene rings is 2. The Hall–Kier alpha value is -2.62. The van der Waals surface area contributed by atoms with E-state index in [9.17, 15) is 14.4 Å². The second-order valence-electron chi connectivity index (χ2n) is 7.59. The first kappa shape index (κ1) is 21.6. The van der Waals surface area contributed by atoms with Gasteiger partial charge in [-0.1, -0.05) is 27.5 Å². The molecule has 1 spiro atoms. The van der Waals surface area contributed by atoms with E-state index in [0.29, 0.717) is 27.7 Å². The third kappa shape index (κ3) is 3.77. The van der Waals surface area contributed by atoms with Crippen LogP contribution < -0.4 is 26.4 Å². The molecule has 5 N–H and O–H groups in total. The van der Waals surface area contributed by atoms with Gasteiger partial charge in [-0.05, 0) is 42.8 Å². The van der Waals surface area contributed by atoms with Gasteiger partial charge in [-0.25, -0.2) is 0 Å². The zero-order valence-corrected chi connectivity index (χ0v) is 18.8. The molecule has 31 heavy (non-hydrogen) atoms. The number of nitrogens with two attached hydrogens (primary N) is 1. The van der Waals surface area contributed by atoms with Gasteiger partial charge in [0.2, 0.25) is 17.7 Å². The van der Waals surface area contributed by atoms with Crippen molar-refractivity contribution in [2.75, 3.05) is 17.7 Å². The van der Waals surface area contributed by atoms with Crippen LogP contribution in [-0.2, 0) is 19.9 Å². The molecule has 1 saturated heterocycles. The molecule has 0 radical (unpaired) electrons. The van der Waals surface area contributed by atoms with Crippen LogP contribution in [0.15, 0.2) is 40.9 Å². The smallest absolute Gasteiger partial charge is 0.250 e. The van der Waals surface area contributed by atoms with Crippen molar-refractivity contribution in [3.8, 4) is 5.75 Å². The van der Waals surface area contributed by atoms with Gasteiger partial charge in [-0.2, -0.15) is 0 Å². The standard InChI is InChI=1S/C21H20BrClN4O4/c1-31-17-5-3-11(23)7-16(17)25-19(29)14-8-12(9-18(24)28)27-21(14)13-6-10(22)2-4-15(13)26-20(21)30/h2-7,12,14,27H,8-9H2,1H3,(H2,24,28)(H,25,29)(H,26,30)/t12-,14+,21-/m1/s1. The molecule has 4 rings (SSSR count). The molecule has 3 atom stereocenters. The van der Waals surface area contributed by atoms with Gasteiger partial charge in [0.15, 0.2) is 0 Å². The number of carbonyl (C=O) groups excluding carboxylic acids is 3. The Labute approximate surface area is 192 Å². The van der Waals surface area contributed by atoms with Crippen LogP contribution in [0, 0.1) is 5.92 Å². The van der Waals surface area contributed by atoms with E-state index in [2.05, 4.69) is 31.9 Å². The van der Waals surface area contributed by atoms with Crippen LogP contribution in [0.3, 0.4) is 0 Å². The van der Waals surface area contributed by atoms with Crippen molar-refractivity contribution in [1.82, 2.24) is 5.32 Å². The highest BCUT2D eigenvalue weighted by Gasteiger charge is 2.60. The number of halogens is 2. The molecule has 0 aliphatic carbocycles. The summed E-state index contributed by atoms with van der Waals surface area (Å²) in [7, 11) is 1.48. The second kappa shape index (κ2) is 8.14. The summed E-state index contributed by atoms with van der Waals surface area (Å²) in [6, 6.07) is 9.80. The molecule has 2 aliphatic rings. The fraction of sp³-hybridized carbons (Fsp3) is 0.286. The van der Waals surface area contributed by atoms with Gasteiger partial charge >= 0.3 is 0 Å². The van der Waals surface area contributed by atoms with Crippen molar-refractivity contribution in [3.63, 3.8) is 0 Å². The lowest BCUT2D eigenvalue weighted by Crippen LogP contribution is -2.52. The maximum atomic E-state index is 13.5. The predicted octanol–water partition coefficient (Wildman–Crippen LogP) is 2.75. The lowest BCUT2D eigenvalue weighted by atomic mass is 9.79. The molecule has 0 bridgehead atoms. The average Bonchev–Trinajstić information content (AvgIpc) is 3.21. The minimum atomic E-state index is -1.34. The van der Waals surface area contributed by atoms with E-state index in [1.54, 1.807) is 36.4 Å². The van der Waals surface area contributed by atoms with Crippen LogP contribution >= 0.6 is 27.5 Å². The summed E-state index contributed by atoms with van der Waals surface area (Å²) in [4.78, 5) is 38.3. The molecule has 8 nitrogen and oxygen atoms in total. The minimum absolute atomic E-state index is 0.00261. The van der Waals surface area contributed by atoms with Gasteiger partial charge in [-0.3, -0.25) is 19.7 Å². The molecule has 3 amide bonds. The quantitative estimate of drug-likeness (QED) is 0.496. The highest BCUT2D eigenvalue weighted by atomic mass is 79.9. The maximum absolute atomic E-state index is 13.5. The van der Waals surface area contributed by atoms with Crippen LogP contribution in [-0.4, -0.2) is 30.9 Å². The summed E-state index contributed by atoms with van der Waals surface area (Å²) in [6.07, 6.45) is 0.250. The third-order valence-electron chi connectivity index (χ3n) is 5.67. The molecular formula is C21H20BrClN4O4. The van der Waals surface area contributed by atoms with Gasteiger partial charge < -0.3 is 21.1 Å². The van der Waals surface area contributed by atoms with E-state index in [-0.39, 0.29) is 18.7 Å². The number of carbonyl (C=O) groups is 3. The molecule has 2 heterocycles. The van der Waals surface area contributed by atoms with Gasteiger partial charge in [-0.15, -0.1) is 0 Å². The number of hydrogen-bond acceptors (Lipinski definition) is 5. The van der Waals surface area contributed by atoms with Crippen LogP contribution in [0.25, 0.3) is 0 Å². The van der Waals surface area contributed by atoms with E-state index < -0.39 is 29.3 Å². The molecule has 162 valence electrons. The maximum Gasteiger partial charge on any atom is 0.250 e. The van der Waals surface area contributed by atoms with Crippen molar-refractivity contribution >= 4 is 56.6 Å². The number of fused-ring (bicyclic) bond motifs is 2. The summed E-state index contributed by atoms with van der Waals surface area (Å²) >= 11 is 9.52. The zero-order chi connectivity index (χ0) is 22.3. The number of rotatable bonds is 5. The molecule has 0 unspecified atom stereocenters. The van der Waals surface area contributed by atoms with Gasteiger partial charge in [0.05, 0.1) is 18.7 Å². The molecule has 1 fully saturated rings. The van der Waals surface area contributed by atoms with Crippen molar-refractivity contribution in [2.45, 2.75) is 24.4 Å². The molecule has 2 aliphatic heterocycles. The van der Waals surface area contributed by atoms with Crippen molar-refractivity contribution < 1.29 is 19.1 Å². The topological polar surface area (TPSA) is 123 Å². The number of primary amides is 1. The molecule has 10 heteroatoms. The molecule has 2 aromatic carbocycles. The Bertz CT molecular complexity index is 1100. The molecule has 2 aromatic rings. The Morgan fingerprint density at radius 2 is 2.10 bits per heavy atom. The Morgan fingerprint density at radius 1 is 1.32 bits per heavy atom.